The lowest BCUT2D eigenvalue weighted by Gasteiger charge is -2.05. The third kappa shape index (κ3) is 61.3. The van der Waals surface area contributed by atoms with E-state index in [1.165, 1.54) is 0 Å². The molecule has 14 heavy (non-hydrogen) atoms. The molecule has 0 bridgehead atoms. The van der Waals surface area contributed by atoms with Gasteiger partial charge in [-0.1, -0.05) is 55.4 Å². The largest absolute Gasteiger partial charge is 0.253 e. The van der Waals surface area contributed by atoms with Gasteiger partial charge in [-0.05, 0) is 5.41 Å². The molecule has 1 nitrogen and oxygen atoms in total. The molecule has 0 radical (unpaired) electrons. The smallest absolute Gasteiger partial charge is 0.0791 e. The van der Waals surface area contributed by atoms with Crippen molar-refractivity contribution in [2.75, 3.05) is 0 Å². The maximum Gasteiger partial charge on any atom is 0.0791 e. The molecule has 1 aromatic heterocycles. The van der Waals surface area contributed by atoms with Crippen molar-refractivity contribution in [3.8, 4) is 0 Å². The molecule has 86 valence electrons. The Bertz CT molecular complexity index is 117. The van der Waals surface area contributed by atoms with Crippen molar-refractivity contribution in [2.45, 2.75) is 55.4 Å². The second kappa shape index (κ2) is 15.1. The number of hydrogen-bond donors (Lipinski definition) is 0. The van der Waals surface area contributed by atoms with E-state index >= 15 is 0 Å². The molecule has 0 spiro atoms. The maximum atomic E-state index is 3.74. The highest BCUT2D eigenvalue weighted by Crippen LogP contribution is 2.08. The molecule has 0 fully saturated rings. The molecule has 0 saturated carbocycles. The van der Waals surface area contributed by atoms with E-state index in [-0.39, 0.29) is 0 Å². The SMILES string of the molecule is CC.CC.CC(C)(C)C.c1cscn1. The van der Waals surface area contributed by atoms with Gasteiger partial charge in [0.2, 0.25) is 0 Å². The number of rotatable bonds is 0. The fraction of sp³-hybridized carbons (Fsp3) is 0.750. The summed E-state index contributed by atoms with van der Waals surface area (Å²) >= 11 is 1.60. The number of nitrogens with zero attached hydrogens (tertiary/aromatic N) is 1. The molecule has 1 rings (SSSR count). The van der Waals surface area contributed by atoms with Gasteiger partial charge < -0.3 is 0 Å². The van der Waals surface area contributed by atoms with E-state index in [4.69, 9.17) is 0 Å². The predicted octanol–water partition coefficient (Wildman–Crippen LogP) is 5.25. The Morgan fingerprint density at radius 3 is 1.36 bits per heavy atom. The minimum absolute atomic E-state index is 0.500. The second-order valence-electron chi connectivity index (χ2n) is 3.68. The minimum Gasteiger partial charge on any atom is -0.253 e. The average molecular weight is 217 g/mol. The van der Waals surface area contributed by atoms with E-state index in [1.54, 1.807) is 23.0 Å². The standard InChI is InChI=1S/C5H12.C3H3NS.2C2H6/c1-5(2,3)4;1-2-5-3-4-1;2*1-2/h1-4H3;1-3H;2*1-2H3. The number of thiazole rings is 1. The molecular formula is C12H27NS. The van der Waals surface area contributed by atoms with Crippen molar-refractivity contribution < 1.29 is 0 Å². The minimum atomic E-state index is 0.500. The molecule has 0 aromatic carbocycles. The Hall–Kier alpha value is -0.370. The van der Waals surface area contributed by atoms with Crippen LogP contribution >= 0.6 is 11.3 Å². The van der Waals surface area contributed by atoms with Crippen molar-refractivity contribution in [3.63, 3.8) is 0 Å². The zero-order valence-electron chi connectivity index (χ0n) is 11.1. The molecule has 0 atom stereocenters. The van der Waals surface area contributed by atoms with Crippen LogP contribution in [0.15, 0.2) is 17.1 Å². The average Bonchev–Trinajstić information content (AvgIpc) is 2.64. The molecule has 0 N–H and O–H groups in total. The van der Waals surface area contributed by atoms with Gasteiger partial charge in [-0.25, -0.2) is 0 Å². The van der Waals surface area contributed by atoms with Gasteiger partial charge >= 0.3 is 0 Å². The van der Waals surface area contributed by atoms with E-state index in [0.29, 0.717) is 5.41 Å². The molecule has 0 unspecified atom stereocenters. The van der Waals surface area contributed by atoms with Gasteiger partial charge in [-0.2, -0.15) is 0 Å². The summed E-state index contributed by atoms with van der Waals surface area (Å²) in [7, 11) is 0. The summed E-state index contributed by atoms with van der Waals surface area (Å²) < 4.78 is 0. The van der Waals surface area contributed by atoms with E-state index in [9.17, 15) is 0 Å². The van der Waals surface area contributed by atoms with Crippen LogP contribution in [0.1, 0.15) is 55.4 Å². The molecule has 1 aromatic rings. The van der Waals surface area contributed by atoms with Crippen LogP contribution in [0.5, 0.6) is 0 Å². The zero-order valence-corrected chi connectivity index (χ0v) is 11.9. The van der Waals surface area contributed by atoms with E-state index in [0.717, 1.165) is 0 Å². The summed E-state index contributed by atoms with van der Waals surface area (Å²) in [5, 5.41) is 1.93. The van der Waals surface area contributed by atoms with Gasteiger partial charge in [0.15, 0.2) is 0 Å². The van der Waals surface area contributed by atoms with Crippen LogP contribution in [0.4, 0.5) is 0 Å². The topological polar surface area (TPSA) is 12.9 Å². The Morgan fingerprint density at radius 1 is 0.929 bits per heavy atom. The Labute approximate surface area is 94.6 Å². The van der Waals surface area contributed by atoms with Crippen LogP contribution in [0.25, 0.3) is 0 Å². The van der Waals surface area contributed by atoms with E-state index in [2.05, 4.69) is 32.7 Å². The van der Waals surface area contributed by atoms with Crippen LogP contribution in [-0.4, -0.2) is 4.98 Å². The summed E-state index contributed by atoms with van der Waals surface area (Å²) in [6, 6.07) is 0. The van der Waals surface area contributed by atoms with E-state index in [1.807, 2.05) is 33.1 Å². The Morgan fingerprint density at radius 2 is 1.29 bits per heavy atom. The summed E-state index contributed by atoms with van der Waals surface area (Å²) in [6.45, 7) is 16.8. The molecule has 2 heteroatoms. The highest BCUT2D eigenvalue weighted by molar-refractivity contribution is 7.07. The van der Waals surface area contributed by atoms with Crippen molar-refractivity contribution in [3.05, 3.63) is 17.1 Å². The first-order valence-electron chi connectivity index (χ1n) is 5.32. The highest BCUT2D eigenvalue weighted by Gasteiger charge is 1.95. The second-order valence-corrected chi connectivity index (χ2v) is 4.43. The van der Waals surface area contributed by atoms with Gasteiger partial charge in [-0.3, -0.25) is 4.98 Å². The van der Waals surface area contributed by atoms with Gasteiger partial charge in [-0.15, -0.1) is 11.3 Å². The lowest BCUT2D eigenvalue weighted by molar-refractivity contribution is 0.469. The van der Waals surface area contributed by atoms with Gasteiger partial charge in [0.1, 0.15) is 0 Å². The number of hydrogen-bond acceptors (Lipinski definition) is 2. The quantitative estimate of drug-likeness (QED) is 0.578. The number of aromatic nitrogens is 1. The normalized spacial score (nSPS) is 8.00. The molecule has 0 amide bonds. The molecule has 1 heterocycles. The molecular weight excluding hydrogens is 190 g/mol. The van der Waals surface area contributed by atoms with Crippen LogP contribution < -0.4 is 0 Å². The first-order chi connectivity index (χ1) is 6.50. The van der Waals surface area contributed by atoms with Crippen LogP contribution in [0, 0.1) is 5.41 Å². The fourth-order valence-corrected chi connectivity index (χ4v) is 0.527. The van der Waals surface area contributed by atoms with Crippen LogP contribution in [-0.2, 0) is 0 Å². The third-order valence-electron chi connectivity index (χ3n) is 0.347. The van der Waals surface area contributed by atoms with Gasteiger partial charge in [0.25, 0.3) is 0 Å². The molecule has 0 aliphatic carbocycles. The third-order valence-corrected chi connectivity index (χ3v) is 0.869. The van der Waals surface area contributed by atoms with Crippen molar-refractivity contribution >= 4 is 11.3 Å². The van der Waals surface area contributed by atoms with Crippen molar-refractivity contribution in [1.29, 1.82) is 0 Å². The summed E-state index contributed by atoms with van der Waals surface area (Å²) in [5.74, 6) is 0. The highest BCUT2D eigenvalue weighted by atomic mass is 32.1. The maximum absolute atomic E-state index is 3.74. The molecule has 0 saturated heterocycles. The van der Waals surface area contributed by atoms with Gasteiger partial charge in [0.05, 0.1) is 5.51 Å². The Kier molecular flexibility index (Phi) is 20.8. The summed E-state index contributed by atoms with van der Waals surface area (Å²) in [6.07, 6.45) is 1.77. The summed E-state index contributed by atoms with van der Waals surface area (Å²) in [5.41, 5.74) is 2.29. The predicted molar refractivity (Wildman–Crippen MR) is 69.9 cm³/mol. The van der Waals surface area contributed by atoms with Crippen molar-refractivity contribution in [1.82, 2.24) is 4.98 Å². The lowest BCUT2D eigenvalue weighted by Crippen LogP contribution is -1.93. The van der Waals surface area contributed by atoms with Gasteiger partial charge in [0, 0.05) is 11.6 Å². The first kappa shape index (κ1) is 19.2. The molecule has 0 aliphatic heterocycles. The Balaban J connectivity index is -0.000000128. The van der Waals surface area contributed by atoms with Crippen molar-refractivity contribution in [2.24, 2.45) is 5.41 Å². The fourth-order valence-electron chi connectivity index (χ4n) is 0.176. The molecule has 0 aliphatic rings. The lowest BCUT2D eigenvalue weighted by atomic mass is 10.0. The van der Waals surface area contributed by atoms with Crippen LogP contribution in [0.3, 0.4) is 0 Å². The first-order valence-corrected chi connectivity index (χ1v) is 6.26. The monoisotopic (exact) mass is 217 g/mol. The summed E-state index contributed by atoms with van der Waals surface area (Å²) in [4.78, 5) is 3.74. The zero-order chi connectivity index (χ0) is 12.0. The van der Waals surface area contributed by atoms with Crippen LogP contribution in [0.2, 0.25) is 0 Å². The van der Waals surface area contributed by atoms with E-state index < -0.39 is 0 Å².